The van der Waals surface area contributed by atoms with Crippen molar-refractivity contribution >= 4 is 65.1 Å². The summed E-state index contributed by atoms with van der Waals surface area (Å²) in [4.78, 5) is 51.8. The molecule has 0 aromatic heterocycles. The van der Waals surface area contributed by atoms with E-state index in [1.54, 1.807) is 74.5 Å². The molecule has 2 aromatic carbocycles. The number of carbonyl (C=O) groups excluding carboxylic acids is 3. The number of fused-ring (bicyclic) bond motifs is 1. The van der Waals surface area contributed by atoms with Gasteiger partial charge < -0.3 is 20.1 Å². The molecule has 2 aliphatic rings. The number of para-hydroxylation sites is 1. The van der Waals surface area contributed by atoms with Crippen LogP contribution in [-0.2, 0) is 19.2 Å². The molecule has 4 atom stereocenters. The molecule has 4 rings (SSSR count). The first-order chi connectivity index (χ1) is 15.2. The third-order valence-electron chi connectivity index (χ3n) is 5.57. The molecule has 4 unspecified atom stereocenters. The molecule has 2 aliphatic heterocycles. The van der Waals surface area contributed by atoms with Gasteiger partial charge in [-0.15, -0.1) is 11.8 Å². The number of nitrogens with one attached hydrogen (secondary N) is 1. The molecular weight excluding hydrogens is 455 g/mol. The van der Waals surface area contributed by atoms with Gasteiger partial charge in [-0.25, -0.2) is 4.79 Å². The first-order valence-electron chi connectivity index (χ1n) is 10.1. The van der Waals surface area contributed by atoms with E-state index in [2.05, 4.69) is 5.32 Å². The number of hydrogen-bond donors (Lipinski definition) is 2. The van der Waals surface area contributed by atoms with E-state index in [0.717, 1.165) is 0 Å². The molecule has 168 valence electrons. The topological polar surface area (TPSA) is 113 Å². The molecule has 33 heavy (non-hydrogen) atoms. The SMILES string of the molecule is CC1(C)SC2C(NC(=O)C(C(=O)Oc3ccccc3)c3ccccc3)C(=O)N2C1C(=O)O.[NaH]. The van der Waals surface area contributed by atoms with E-state index in [4.69, 9.17) is 4.74 Å². The first kappa shape index (κ1) is 25.3. The monoisotopic (exact) mass is 478 g/mol. The fourth-order valence-corrected chi connectivity index (χ4v) is 5.71. The Morgan fingerprint density at radius 1 is 1.06 bits per heavy atom. The van der Waals surface area contributed by atoms with Gasteiger partial charge in [-0.1, -0.05) is 48.5 Å². The van der Waals surface area contributed by atoms with Crippen LogP contribution < -0.4 is 10.1 Å². The molecule has 2 N–H and O–H groups in total. The van der Waals surface area contributed by atoms with Crippen LogP contribution >= 0.6 is 11.8 Å². The van der Waals surface area contributed by atoms with Crippen molar-refractivity contribution in [3.05, 3.63) is 66.2 Å². The average Bonchev–Trinajstić information content (AvgIpc) is 3.01. The number of nitrogens with zero attached hydrogens (tertiary/aromatic N) is 1. The van der Waals surface area contributed by atoms with E-state index >= 15 is 0 Å². The average molecular weight is 479 g/mol. The molecule has 0 spiro atoms. The number of amides is 2. The van der Waals surface area contributed by atoms with Crippen molar-refractivity contribution in [2.24, 2.45) is 0 Å². The Morgan fingerprint density at radius 3 is 2.21 bits per heavy atom. The number of aliphatic carboxylic acids is 1. The van der Waals surface area contributed by atoms with E-state index < -0.39 is 51.9 Å². The number of esters is 1. The fourth-order valence-electron chi connectivity index (χ4n) is 4.09. The Bertz CT molecular complexity index is 1070. The Kier molecular flexibility index (Phi) is 7.58. The maximum absolute atomic E-state index is 13.2. The van der Waals surface area contributed by atoms with Crippen molar-refractivity contribution in [2.45, 2.75) is 42.0 Å². The van der Waals surface area contributed by atoms with Crippen LogP contribution in [0.2, 0.25) is 0 Å². The van der Waals surface area contributed by atoms with Crippen LogP contribution in [0.25, 0.3) is 0 Å². The molecule has 2 heterocycles. The molecular formula is C23H23N2NaO6S. The molecule has 10 heteroatoms. The van der Waals surface area contributed by atoms with Gasteiger partial charge in [0.15, 0.2) is 5.92 Å². The van der Waals surface area contributed by atoms with Gasteiger partial charge in [0, 0.05) is 4.75 Å². The van der Waals surface area contributed by atoms with Crippen molar-refractivity contribution < 1.29 is 29.0 Å². The van der Waals surface area contributed by atoms with Gasteiger partial charge >= 0.3 is 41.5 Å². The maximum atomic E-state index is 13.2. The summed E-state index contributed by atoms with van der Waals surface area (Å²) in [6.45, 7) is 3.51. The molecule has 0 radical (unpaired) electrons. The van der Waals surface area contributed by atoms with E-state index in [1.165, 1.54) is 16.7 Å². The van der Waals surface area contributed by atoms with Crippen molar-refractivity contribution in [3.8, 4) is 5.75 Å². The minimum absolute atomic E-state index is 0. The second kappa shape index (κ2) is 9.89. The predicted molar refractivity (Wildman–Crippen MR) is 124 cm³/mol. The van der Waals surface area contributed by atoms with Gasteiger partial charge in [-0.05, 0) is 31.5 Å². The van der Waals surface area contributed by atoms with Gasteiger partial charge in [0.05, 0.1) is 0 Å². The summed E-state index contributed by atoms with van der Waals surface area (Å²) in [5.74, 6) is -3.99. The number of carboxylic acids is 1. The molecule has 0 bridgehead atoms. The van der Waals surface area contributed by atoms with Crippen LogP contribution in [-0.4, -0.2) is 85.5 Å². The summed E-state index contributed by atoms with van der Waals surface area (Å²) in [6.07, 6.45) is 0. The third-order valence-corrected chi connectivity index (χ3v) is 7.14. The Labute approximate surface area is 217 Å². The first-order valence-corrected chi connectivity index (χ1v) is 10.9. The summed E-state index contributed by atoms with van der Waals surface area (Å²) < 4.78 is 4.69. The predicted octanol–water partition coefficient (Wildman–Crippen LogP) is 1.36. The summed E-state index contributed by atoms with van der Waals surface area (Å²) >= 11 is 1.32. The Hall–Kier alpha value is -2.33. The standard InChI is InChI=1S/C23H22N2O6S.Na.H/c1-23(2)17(21(28)29)25-19(27)16(20(25)32-23)24-18(26)15(13-9-5-3-6-10-13)22(30)31-14-11-7-4-8-12-14;;/h3-12,15-17,20H,1-2H3,(H,24,26)(H,28,29);;. The summed E-state index contributed by atoms with van der Waals surface area (Å²) in [5, 5.41) is 11.7. The van der Waals surface area contributed by atoms with E-state index in [-0.39, 0.29) is 29.6 Å². The minimum atomic E-state index is -1.28. The van der Waals surface area contributed by atoms with Gasteiger partial charge in [-0.3, -0.25) is 14.4 Å². The number of ether oxygens (including phenoxy) is 1. The zero-order chi connectivity index (χ0) is 23.0. The van der Waals surface area contributed by atoms with Gasteiger partial charge in [0.2, 0.25) is 11.8 Å². The molecule has 0 saturated carbocycles. The van der Waals surface area contributed by atoms with E-state index in [0.29, 0.717) is 11.3 Å². The van der Waals surface area contributed by atoms with Gasteiger partial charge in [0.25, 0.3) is 0 Å². The Morgan fingerprint density at radius 2 is 1.64 bits per heavy atom. The molecule has 0 aliphatic carbocycles. The van der Waals surface area contributed by atoms with Crippen LogP contribution in [0.5, 0.6) is 5.75 Å². The number of carboxylic acid groups (broad SMARTS) is 1. The quantitative estimate of drug-likeness (QED) is 0.212. The number of benzene rings is 2. The van der Waals surface area contributed by atoms with Crippen molar-refractivity contribution in [1.82, 2.24) is 10.2 Å². The third kappa shape index (κ3) is 4.82. The Balaban J connectivity index is 0.00000306. The van der Waals surface area contributed by atoms with Crippen molar-refractivity contribution in [2.75, 3.05) is 0 Å². The zero-order valence-corrected chi connectivity index (χ0v) is 18.2. The fraction of sp³-hybridized carbons (Fsp3) is 0.304. The molecule has 2 fully saturated rings. The second-order valence-electron chi connectivity index (χ2n) is 8.16. The van der Waals surface area contributed by atoms with Crippen LogP contribution in [0.1, 0.15) is 25.3 Å². The van der Waals surface area contributed by atoms with Gasteiger partial charge in [0.1, 0.15) is 23.2 Å². The molecule has 2 saturated heterocycles. The van der Waals surface area contributed by atoms with Crippen LogP contribution in [0.15, 0.2) is 60.7 Å². The number of hydrogen-bond acceptors (Lipinski definition) is 6. The number of thioether (sulfide) groups is 1. The van der Waals surface area contributed by atoms with E-state index in [1.807, 2.05) is 0 Å². The second-order valence-corrected chi connectivity index (χ2v) is 9.93. The van der Waals surface area contributed by atoms with Crippen LogP contribution in [0.3, 0.4) is 0 Å². The van der Waals surface area contributed by atoms with Gasteiger partial charge in [-0.2, -0.15) is 0 Å². The van der Waals surface area contributed by atoms with Crippen LogP contribution in [0, 0.1) is 0 Å². The van der Waals surface area contributed by atoms with Crippen LogP contribution in [0.4, 0.5) is 0 Å². The number of rotatable bonds is 6. The summed E-state index contributed by atoms with van der Waals surface area (Å²) in [6, 6.07) is 15.0. The molecule has 2 aromatic rings. The zero-order valence-electron chi connectivity index (χ0n) is 17.4. The number of β-lactam (4-membered cyclic amide) rings is 1. The van der Waals surface area contributed by atoms with E-state index in [9.17, 15) is 24.3 Å². The normalized spacial score (nSPS) is 23.4. The van der Waals surface area contributed by atoms with Crippen molar-refractivity contribution in [3.63, 3.8) is 0 Å². The van der Waals surface area contributed by atoms with Crippen molar-refractivity contribution in [1.29, 1.82) is 0 Å². The molecule has 2 amide bonds. The number of carbonyl (C=O) groups is 4. The molecule has 8 nitrogen and oxygen atoms in total. The summed E-state index contributed by atoms with van der Waals surface area (Å²) in [7, 11) is 0. The summed E-state index contributed by atoms with van der Waals surface area (Å²) in [5.41, 5.74) is 0.428.